The summed E-state index contributed by atoms with van der Waals surface area (Å²) in [5.41, 5.74) is 0.455. The molecule has 7 heteroatoms. The summed E-state index contributed by atoms with van der Waals surface area (Å²) in [6.45, 7) is 0. The first-order valence-electron chi connectivity index (χ1n) is 8.17. The molecule has 0 aliphatic carbocycles. The molecule has 5 nitrogen and oxygen atoms in total. The lowest BCUT2D eigenvalue weighted by Gasteiger charge is -2.10. The lowest BCUT2D eigenvalue weighted by molar-refractivity contribution is 0.601. The van der Waals surface area contributed by atoms with Crippen LogP contribution in [0.1, 0.15) is 0 Å². The van der Waals surface area contributed by atoms with E-state index in [1.807, 2.05) is 42.5 Å². The molecule has 0 radical (unpaired) electrons. The molecule has 0 atom stereocenters. The van der Waals surface area contributed by atoms with Crippen molar-refractivity contribution < 1.29 is 8.42 Å². The van der Waals surface area contributed by atoms with Gasteiger partial charge in [-0.2, -0.15) is 0 Å². The zero-order valence-electron chi connectivity index (χ0n) is 14.1. The van der Waals surface area contributed by atoms with Crippen molar-refractivity contribution in [2.24, 2.45) is 0 Å². The molecule has 0 spiro atoms. The van der Waals surface area contributed by atoms with E-state index in [0.29, 0.717) is 10.7 Å². The zero-order valence-corrected chi connectivity index (χ0v) is 15.7. The molecule has 1 N–H and O–H groups in total. The van der Waals surface area contributed by atoms with Crippen LogP contribution in [0, 0.1) is 0 Å². The van der Waals surface area contributed by atoms with Gasteiger partial charge in [0.2, 0.25) is 0 Å². The molecule has 134 valence electrons. The number of anilines is 1. The minimum Gasteiger partial charge on any atom is -0.279 e. The Bertz CT molecular complexity index is 1200. The fraction of sp³-hybridized carbons (Fsp3) is 0. The average Bonchev–Trinajstić information content (AvgIpc) is 2.68. The normalized spacial score (nSPS) is 11.4. The second-order valence-corrected chi connectivity index (χ2v) is 8.49. The van der Waals surface area contributed by atoms with Gasteiger partial charge in [-0.25, -0.2) is 18.4 Å². The highest BCUT2D eigenvalue weighted by atomic mass is 32.2. The molecule has 2 aromatic heterocycles. The van der Waals surface area contributed by atoms with Crippen LogP contribution in [0.25, 0.3) is 10.8 Å². The Morgan fingerprint density at radius 3 is 2.33 bits per heavy atom. The van der Waals surface area contributed by atoms with Crippen molar-refractivity contribution in [1.29, 1.82) is 0 Å². The van der Waals surface area contributed by atoms with Crippen molar-refractivity contribution in [2.45, 2.75) is 14.9 Å². The molecule has 0 aliphatic rings. The first kappa shape index (κ1) is 17.5. The van der Waals surface area contributed by atoms with Gasteiger partial charge in [0.05, 0.1) is 10.6 Å². The Hall–Kier alpha value is -2.90. The molecule has 0 fully saturated rings. The molecule has 0 bridgehead atoms. The monoisotopic (exact) mass is 393 g/mol. The van der Waals surface area contributed by atoms with E-state index in [4.69, 9.17) is 0 Å². The zero-order chi connectivity index (χ0) is 18.7. The van der Waals surface area contributed by atoms with Crippen LogP contribution in [0.4, 0.5) is 5.69 Å². The van der Waals surface area contributed by atoms with Crippen molar-refractivity contribution in [3.63, 3.8) is 0 Å². The van der Waals surface area contributed by atoms with Gasteiger partial charge in [0, 0.05) is 12.4 Å². The highest BCUT2D eigenvalue weighted by Gasteiger charge is 2.15. The van der Waals surface area contributed by atoms with Gasteiger partial charge in [0.15, 0.2) is 0 Å². The molecule has 0 unspecified atom stereocenters. The van der Waals surface area contributed by atoms with Crippen LogP contribution in [0.2, 0.25) is 0 Å². The van der Waals surface area contributed by atoms with Gasteiger partial charge < -0.3 is 0 Å². The predicted molar refractivity (Wildman–Crippen MR) is 107 cm³/mol. The number of aromatic nitrogens is 2. The van der Waals surface area contributed by atoms with E-state index in [1.165, 1.54) is 11.8 Å². The summed E-state index contributed by atoms with van der Waals surface area (Å²) < 4.78 is 28.2. The van der Waals surface area contributed by atoms with Crippen LogP contribution in [-0.4, -0.2) is 18.4 Å². The average molecular weight is 393 g/mol. The summed E-state index contributed by atoms with van der Waals surface area (Å²) in [7, 11) is -3.70. The molecule has 4 aromatic rings. The Morgan fingerprint density at radius 2 is 1.52 bits per heavy atom. The fourth-order valence-electron chi connectivity index (χ4n) is 2.59. The molecular formula is C20H15N3O2S2. The standard InChI is InChI=1S/C20H15N3O2S2/c24-27(25,18-9-8-15-5-1-2-6-16(15)13-18)23-17-10-12-22-20(14-17)26-19-7-3-4-11-21-19/h1-14H,(H,22,23). The topological polar surface area (TPSA) is 72.0 Å². The van der Waals surface area contributed by atoms with Crippen molar-refractivity contribution in [2.75, 3.05) is 4.72 Å². The second kappa shape index (κ2) is 7.38. The van der Waals surface area contributed by atoms with Gasteiger partial charge in [-0.1, -0.05) is 48.2 Å². The number of benzene rings is 2. The predicted octanol–water partition coefficient (Wildman–Crippen LogP) is 4.58. The van der Waals surface area contributed by atoms with Crippen molar-refractivity contribution in [3.05, 3.63) is 85.2 Å². The van der Waals surface area contributed by atoms with Crippen LogP contribution in [0.5, 0.6) is 0 Å². The number of fused-ring (bicyclic) bond motifs is 1. The number of hydrogen-bond donors (Lipinski definition) is 1. The number of nitrogens with zero attached hydrogens (tertiary/aromatic N) is 2. The molecule has 27 heavy (non-hydrogen) atoms. The summed E-state index contributed by atoms with van der Waals surface area (Å²) >= 11 is 1.37. The summed E-state index contributed by atoms with van der Waals surface area (Å²) in [5.74, 6) is 0. The molecule has 0 amide bonds. The van der Waals surface area contributed by atoms with Gasteiger partial charge >= 0.3 is 0 Å². The van der Waals surface area contributed by atoms with E-state index in [9.17, 15) is 8.42 Å². The maximum absolute atomic E-state index is 12.8. The van der Waals surface area contributed by atoms with E-state index in [1.54, 1.807) is 42.7 Å². The molecule has 2 aromatic carbocycles. The van der Waals surface area contributed by atoms with Crippen molar-refractivity contribution in [1.82, 2.24) is 9.97 Å². The quantitative estimate of drug-likeness (QED) is 0.537. The maximum atomic E-state index is 12.8. The van der Waals surface area contributed by atoms with Gasteiger partial charge in [-0.3, -0.25) is 4.72 Å². The summed E-state index contributed by atoms with van der Waals surface area (Å²) in [6.07, 6.45) is 3.28. The highest BCUT2D eigenvalue weighted by molar-refractivity contribution is 7.99. The lowest BCUT2D eigenvalue weighted by Crippen LogP contribution is -2.13. The molecule has 0 aliphatic heterocycles. The summed E-state index contributed by atoms with van der Waals surface area (Å²) in [6, 6.07) is 21.6. The van der Waals surface area contributed by atoms with Gasteiger partial charge in [-0.05, 0) is 47.2 Å². The third kappa shape index (κ3) is 4.10. The largest absolute Gasteiger partial charge is 0.279 e. The number of pyridine rings is 2. The first-order chi connectivity index (χ1) is 13.1. The van der Waals surface area contributed by atoms with Crippen molar-refractivity contribution >= 4 is 38.2 Å². The minimum atomic E-state index is -3.70. The Morgan fingerprint density at radius 1 is 0.741 bits per heavy atom. The van der Waals surface area contributed by atoms with Gasteiger partial charge in [-0.15, -0.1) is 0 Å². The van der Waals surface area contributed by atoms with Crippen LogP contribution in [0.3, 0.4) is 0 Å². The van der Waals surface area contributed by atoms with Crippen LogP contribution in [0.15, 0.2) is 100 Å². The Labute approximate surface area is 161 Å². The van der Waals surface area contributed by atoms with Gasteiger partial charge in [0.1, 0.15) is 10.1 Å². The maximum Gasteiger partial charge on any atom is 0.261 e. The lowest BCUT2D eigenvalue weighted by atomic mass is 10.1. The molecule has 2 heterocycles. The number of nitrogens with one attached hydrogen (secondary N) is 1. The van der Waals surface area contributed by atoms with E-state index in [-0.39, 0.29) is 4.90 Å². The Kier molecular flexibility index (Phi) is 4.79. The highest BCUT2D eigenvalue weighted by Crippen LogP contribution is 2.27. The number of sulfonamides is 1. The fourth-order valence-corrected chi connectivity index (χ4v) is 4.45. The van der Waals surface area contributed by atoms with E-state index >= 15 is 0 Å². The summed E-state index contributed by atoms with van der Waals surface area (Å²) in [4.78, 5) is 8.73. The smallest absolute Gasteiger partial charge is 0.261 e. The second-order valence-electron chi connectivity index (χ2n) is 5.77. The van der Waals surface area contributed by atoms with E-state index in [0.717, 1.165) is 15.8 Å². The first-order valence-corrected chi connectivity index (χ1v) is 10.5. The van der Waals surface area contributed by atoms with Crippen LogP contribution < -0.4 is 4.72 Å². The van der Waals surface area contributed by atoms with Crippen LogP contribution >= 0.6 is 11.8 Å². The summed E-state index contributed by atoms with van der Waals surface area (Å²) in [5, 5.41) is 3.32. The molecule has 0 saturated heterocycles. The van der Waals surface area contributed by atoms with Crippen LogP contribution in [-0.2, 0) is 10.0 Å². The number of hydrogen-bond acceptors (Lipinski definition) is 5. The third-order valence-corrected chi connectivity index (χ3v) is 6.13. The third-order valence-electron chi connectivity index (χ3n) is 3.87. The van der Waals surface area contributed by atoms with E-state index in [2.05, 4.69) is 14.7 Å². The minimum absolute atomic E-state index is 0.219. The number of rotatable bonds is 5. The molecular weight excluding hydrogens is 378 g/mol. The Balaban J connectivity index is 1.59. The molecule has 4 rings (SSSR count). The van der Waals surface area contributed by atoms with Crippen molar-refractivity contribution in [3.8, 4) is 0 Å². The SMILES string of the molecule is O=S(=O)(Nc1ccnc(Sc2ccccn2)c1)c1ccc2ccccc2c1. The van der Waals surface area contributed by atoms with Gasteiger partial charge in [0.25, 0.3) is 10.0 Å². The molecule has 0 saturated carbocycles. The van der Waals surface area contributed by atoms with E-state index < -0.39 is 10.0 Å².